The minimum Gasteiger partial charge on any atom is -0.496 e. The number of halogens is 1. The van der Waals surface area contributed by atoms with Crippen molar-refractivity contribution in [2.24, 2.45) is 0 Å². The van der Waals surface area contributed by atoms with E-state index in [1.807, 2.05) is 0 Å². The first-order valence-electron chi connectivity index (χ1n) is 7.76. The lowest BCUT2D eigenvalue weighted by Gasteiger charge is -2.35. The Bertz CT molecular complexity index is 521. The van der Waals surface area contributed by atoms with Gasteiger partial charge in [-0.2, -0.15) is 0 Å². The van der Waals surface area contributed by atoms with E-state index in [2.05, 4.69) is 15.9 Å². The zero-order valence-electron chi connectivity index (χ0n) is 12.8. The van der Waals surface area contributed by atoms with Crippen LogP contribution in [0.4, 0.5) is 0 Å². The molecule has 1 atom stereocenters. The van der Waals surface area contributed by atoms with E-state index >= 15 is 0 Å². The second-order valence-electron chi connectivity index (χ2n) is 6.04. The maximum atomic E-state index is 11.9. The van der Waals surface area contributed by atoms with E-state index in [0.717, 1.165) is 25.7 Å². The number of aliphatic hydroxyl groups is 1. The second kappa shape index (κ2) is 7.47. The van der Waals surface area contributed by atoms with Gasteiger partial charge in [0, 0.05) is 0 Å². The van der Waals surface area contributed by atoms with E-state index in [4.69, 9.17) is 4.74 Å². The van der Waals surface area contributed by atoms with Gasteiger partial charge in [0.25, 0.3) is 0 Å². The van der Waals surface area contributed by atoms with E-state index < -0.39 is 17.5 Å². The molecule has 0 amide bonds. The van der Waals surface area contributed by atoms with E-state index in [9.17, 15) is 15.0 Å². The van der Waals surface area contributed by atoms with Gasteiger partial charge in [-0.05, 0) is 46.5 Å². The lowest BCUT2D eigenvalue weighted by atomic mass is 9.74. The molecule has 122 valence electrons. The van der Waals surface area contributed by atoms with Crippen LogP contribution >= 0.6 is 15.9 Å². The molecule has 1 unspecified atom stereocenters. The molecular formula is C17H23BrO4. The Kier molecular flexibility index (Phi) is 5.87. The molecule has 0 spiro atoms. The summed E-state index contributed by atoms with van der Waals surface area (Å²) in [5, 5.41) is 20.8. The number of hydrogen-bond acceptors (Lipinski definition) is 3. The minimum atomic E-state index is -1.18. The predicted octanol–water partition coefficient (Wildman–Crippen LogP) is 4.10. The van der Waals surface area contributed by atoms with Gasteiger partial charge in [0.1, 0.15) is 11.7 Å². The van der Waals surface area contributed by atoms with Gasteiger partial charge in [0.05, 0.1) is 17.2 Å². The van der Waals surface area contributed by atoms with Gasteiger partial charge >= 0.3 is 5.97 Å². The normalized spacial score (nSPS) is 19.8. The fraction of sp³-hybridized carbons (Fsp3) is 0.588. The van der Waals surface area contributed by atoms with Crippen molar-refractivity contribution in [2.45, 2.75) is 56.5 Å². The van der Waals surface area contributed by atoms with Gasteiger partial charge in [-0.15, -0.1) is 0 Å². The van der Waals surface area contributed by atoms with Crippen LogP contribution in [0.15, 0.2) is 22.7 Å². The molecule has 1 fully saturated rings. The molecule has 2 N–H and O–H groups in total. The van der Waals surface area contributed by atoms with E-state index in [1.54, 1.807) is 25.3 Å². The summed E-state index contributed by atoms with van der Waals surface area (Å²) in [6, 6.07) is 5.22. The van der Waals surface area contributed by atoms with Crippen molar-refractivity contribution in [3.8, 4) is 5.75 Å². The Morgan fingerprint density at radius 1 is 1.23 bits per heavy atom. The average molecular weight is 371 g/mol. The van der Waals surface area contributed by atoms with Crippen LogP contribution in [0.3, 0.4) is 0 Å². The first kappa shape index (κ1) is 17.3. The summed E-state index contributed by atoms with van der Waals surface area (Å²) in [6.45, 7) is 0. The second-order valence-corrected chi connectivity index (χ2v) is 6.89. The van der Waals surface area contributed by atoms with Gasteiger partial charge in [-0.1, -0.05) is 38.2 Å². The Morgan fingerprint density at radius 2 is 1.82 bits per heavy atom. The molecule has 2 rings (SSSR count). The molecule has 5 heteroatoms. The molecule has 22 heavy (non-hydrogen) atoms. The van der Waals surface area contributed by atoms with Crippen molar-refractivity contribution in [3.63, 3.8) is 0 Å². The highest BCUT2D eigenvalue weighted by atomic mass is 79.9. The predicted molar refractivity (Wildman–Crippen MR) is 88.3 cm³/mol. The van der Waals surface area contributed by atoms with Gasteiger partial charge in [0.2, 0.25) is 0 Å². The molecule has 1 aliphatic carbocycles. The maximum absolute atomic E-state index is 11.9. The Hall–Kier alpha value is -1.07. The maximum Gasteiger partial charge on any atom is 0.313 e. The highest BCUT2D eigenvalue weighted by Crippen LogP contribution is 2.40. The molecule has 1 aromatic carbocycles. The summed E-state index contributed by atoms with van der Waals surface area (Å²) in [5.74, 6) is -1.23. The topological polar surface area (TPSA) is 66.8 Å². The fourth-order valence-corrected chi connectivity index (χ4v) is 3.91. The summed E-state index contributed by atoms with van der Waals surface area (Å²) in [4.78, 5) is 11.9. The van der Waals surface area contributed by atoms with Crippen molar-refractivity contribution in [3.05, 3.63) is 28.2 Å². The molecule has 1 aliphatic rings. The zero-order chi connectivity index (χ0) is 16.2. The molecule has 0 aliphatic heterocycles. The number of carbonyl (C=O) groups is 1. The van der Waals surface area contributed by atoms with Crippen LogP contribution in [-0.2, 0) is 4.79 Å². The molecule has 0 saturated heterocycles. The van der Waals surface area contributed by atoms with Crippen LogP contribution in [0.2, 0.25) is 0 Å². The molecule has 0 aromatic heterocycles. The van der Waals surface area contributed by atoms with Crippen molar-refractivity contribution >= 4 is 21.9 Å². The smallest absolute Gasteiger partial charge is 0.313 e. The van der Waals surface area contributed by atoms with Crippen molar-refractivity contribution in [1.29, 1.82) is 0 Å². The lowest BCUT2D eigenvalue weighted by molar-refractivity contribution is -0.147. The quantitative estimate of drug-likeness (QED) is 0.836. The molecule has 0 heterocycles. The van der Waals surface area contributed by atoms with Gasteiger partial charge in [-0.25, -0.2) is 0 Å². The Balaban J connectivity index is 2.35. The van der Waals surface area contributed by atoms with Crippen LogP contribution in [0.25, 0.3) is 0 Å². The summed E-state index contributed by atoms with van der Waals surface area (Å²) in [7, 11) is 1.57. The average Bonchev–Trinajstić information content (AvgIpc) is 2.43. The number of methoxy groups -OCH3 is 1. The molecule has 1 aromatic rings. The summed E-state index contributed by atoms with van der Waals surface area (Å²) < 4.78 is 5.89. The largest absolute Gasteiger partial charge is 0.496 e. The number of ether oxygens (including phenoxy) is 1. The molecule has 0 radical (unpaired) electrons. The van der Waals surface area contributed by atoms with Gasteiger partial charge in [0.15, 0.2) is 0 Å². The minimum absolute atomic E-state index is 0.535. The Labute approximate surface area is 139 Å². The third-order valence-corrected chi connectivity index (χ3v) is 5.13. The van der Waals surface area contributed by atoms with E-state index in [1.165, 1.54) is 6.42 Å². The molecule has 4 nitrogen and oxygen atoms in total. The van der Waals surface area contributed by atoms with Crippen LogP contribution < -0.4 is 4.74 Å². The zero-order valence-corrected chi connectivity index (χ0v) is 14.4. The fourth-order valence-electron chi connectivity index (χ4n) is 3.35. The number of carboxylic acid groups (broad SMARTS) is 1. The van der Waals surface area contributed by atoms with Gasteiger partial charge in [-0.3, -0.25) is 4.79 Å². The lowest BCUT2D eigenvalue weighted by Crippen LogP contribution is -2.41. The van der Waals surface area contributed by atoms with Gasteiger partial charge < -0.3 is 14.9 Å². The van der Waals surface area contributed by atoms with Crippen LogP contribution in [0.5, 0.6) is 5.75 Å². The summed E-state index contributed by atoms with van der Waals surface area (Å²) in [5.41, 5.74) is -0.566. The highest BCUT2D eigenvalue weighted by Gasteiger charge is 2.42. The van der Waals surface area contributed by atoms with E-state index in [-0.39, 0.29) is 0 Å². The summed E-state index contributed by atoms with van der Waals surface area (Å²) in [6.07, 6.45) is 6.10. The number of aliphatic carboxylic acids is 1. The SMILES string of the molecule is COc1ccc(C(C(=O)O)C2(O)CCCCCCC2)cc1Br. The van der Waals surface area contributed by atoms with Crippen molar-refractivity contribution in [2.75, 3.05) is 7.11 Å². The number of benzene rings is 1. The molecule has 1 saturated carbocycles. The van der Waals surface area contributed by atoms with Crippen LogP contribution in [0.1, 0.15) is 56.4 Å². The van der Waals surface area contributed by atoms with Crippen molar-refractivity contribution < 1.29 is 19.7 Å². The number of carboxylic acids is 1. The third kappa shape index (κ3) is 3.82. The monoisotopic (exact) mass is 370 g/mol. The summed E-state index contributed by atoms with van der Waals surface area (Å²) >= 11 is 3.39. The van der Waals surface area contributed by atoms with Crippen LogP contribution in [-0.4, -0.2) is 28.9 Å². The molecule has 0 bridgehead atoms. The third-order valence-electron chi connectivity index (χ3n) is 4.51. The van der Waals surface area contributed by atoms with Crippen LogP contribution in [0, 0.1) is 0 Å². The number of rotatable bonds is 4. The van der Waals surface area contributed by atoms with E-state index in [0.29, 0.717) is 28.6 Å². The standard InChI is InChI=1S/C17H23BrO4/c1-22-14-8-7-12(11-13(14)18)15(16(19)20)17(21)9-5-3-2-4-6-10-17/h7-8,11,15,21H,2-6,9-10H2,1H3,(H,19,20). The Morgan fingerprint density at radius 3 is 2.32 bits per heavy atom. The number of hydrogen-bond donors (Lipinski definition) is 2. The van der Waals surface area contributed by atoms with Crippen molar-refractivity contribution in [1.82, 2.24) is 0 Å². The molecular weight excluding hydrogens is 348 g/mol. The first-order chi connectivity index (χ1) is 10.5. The highest BCUT2D eigenvalue weighted by molar-refractivity contribution is 9.10. The first-order valence-corrected chi connectivity index (χ1v) is 8.56.